The Labute approximate surface area is 259 Å². The maximum absolute atomic E-state index is 7.19. The Kier molecular flexibility index (Phi) is 9.60. The molecule has 0 amide bonds. The maximum Gasteiger partial charge on any atom is 0.262 e. The highest BCUT2D eigenvalue weighted by Gasteiger charge is 2.50. The van der Waals surface area contributed by atoms with Crippen LogP contribution in [0.1, 0.15) is 32.4 Å². The summed E-state index contributed by atoms with van der Waals surface area (Å²) in [6.07, 6.45) is -0.402. The zero-order valence-electron chi connectivity index (χ0n) is 25.5. The van der Waals surface area contributed by atoms with Gasteiger partial charge < -0.3 is 8.85 Å². The van der Waals surface area contributed by atoms with Crippen LogP contribution in [-0.2, 0) is 8.85 Å². The number of rotatable bonds is 9. The van der Waals surface area contributed by atoms with Gasteiger partial charge in [-0.3, -0.25) is 0 Å². The van der Waals surface area contributed by atoms with Crippen molar-refractivity contribution in [2.24, 2.45) is 0 Å². The number of hydrogen-bond donors (Lipinski definition) is 0. The van der Waals surface area contributed by atoms with Gasteiger partial charge in [0.2, 0.25) is 0 Å². The summed E-state index contributed by atoms with van der Waals surface area (Å²) in [7, 11) is -5.30. The van der Waals surface area contributed by atoms with Crippen LogP contribution < -0.4 is 20.7 Å². The predicted octanol–water partition coefficient (Wildman–Crippen LogP) is 6.71. The van der Waals surface area contributed by atoms with E-state index in [-0.39, 0.29) is 5.04 Å². The van der Waals surface area contributed by atoms with Gasteiger partial charge in [-0.05, 0) is 37.9 Å². The van der Waals surface area contributed by atoms with Crippen molar-refractivity contribution in [1.29, 1.82) is 0 Å². The van der Waals surface area contributed by atoms with E-state index in [9.17, 15) is 0 Å². The topological polar surface area (TPSA) is 18.5 Å². The largest absolute Gasteiger partial charge is 0.396 e. The average molecular weight is 597 g/mol. The first-order valence-electron chi connectivity index (χ1n) is 14.9. The second kappa shape index (κ2) is 13.5. The minimum atomic E-state index is -2.69. The monoisotopic (exact) mass is 596 g/mol. The second-order valence-electron chi connectivity index (χ2n) is 11.9. The lowest BCUT2D eigenvalue weighted by atomic mass is 10.1. The molecule has 0 radical (unpaired) electrons. The molecule has 216 valence electrons. The Morgan fingerprint density at radius 2 is 0.930 bits per heavy atom. The molecular formula is C39H40O2Si2. The highest BCUT2D eigenvalue weighted by atomic mass is 28.4. The molecule has 43 heavy (non-hydrogen) atoms. The third kappa shape index (κ3) is 6.66. The molecule has 0 fully saturated rings. The first-order valence-corrected chi connectivity index (χ1v) is 19.2. The molecule has 0 N–H and O–H groups in total. The first-order chi connectivity index (χ1) is 20.8. The summed E-state index contributed by atoms with van der Waals surface area (Å²) < 4.78 is 14.3. The summed E-state index contributed by atoms with van der Waals surface area (Å²) in [6.45, 7) is 9.46. The fourth-order valence-electron chi connectivity index (χ4n) is 5.90. The van der Waals surface area contributed by atoms with Crippen LogP contribution in [0.4, 0.5) is 0 Å². The normalized spacial score (nSPS) is 12.7. The average Bonchev–Trinajstić information content (AvgIpc) is 3.05. The lowest BCUT2D eigenvalue weighted by Crippen LogP contribution is -2.66. The number of benzene rings is 5. The molecule has 5 rings (SSSR count). The van der Waals surface area contributed by atoms with E-state index < -0.39 is 22.7 Å². The van der Waals surface area contributed by atoms with Crippen LogP contribution in [-0.4, -0.2) is 23.2 Å². The van der Waals surface area contributed by atoms with Crippen molar-refractivity contribution in [2.75, 3.05) is 6.61 Å². The highest BCUT2D eigenvalue weighted by Crippen LogP contribution is 2.36. The molecule has 4 heteroatoms. The summed E-state index contributed by atoms with van der Waals surface area (Å²) in [6, 6.07) is 53.0. The van der Waals surface area contributed by atoms with Gasteiger partial charge in [0.1, 0.15) is 6.10 Å². The minimum Gasteiger partial charge on any atom is -0.396 e. The summed E-state index contributed by atoms with van der Waals surface area (Å²) in [5.74, 6) is 6.95. The predicted molar refractivity (Wildman–Crippen MR) is 185 cm³/mol. The van der Waals surface area contributed by atoms with Gasteiger partial charge in [0.15, 0.2) is 0 Å². The van der Waals surface area contributed by atoms with Crippen molar-refractivity contribution in [1.82, 2.24) is 0 Å². The maximum atomic E-state index is 7.19. The standard InChI is InChI=1S/C39H40O2Si2/c1-39(2,3)43(36-27-16-8-17-28-36,37-29-18-9-19-30-37)40-32-20-31-38(33-21-10-5-11-22-33)41-42(4,34-23-12-6-13-24-34)35-25-14-7-15-26-35/h5-19,21-30,38H,32H2,1-4H3. The van der Waals surface area contributed by atoms with Crippen molar-refractivity contribution in [3.63, 3.8) is 0 Å². The fourth-order valence-corrected chi connectivity index (χ4v) is 13.3. The van der Waals surface area contributed by atoms with Gasteiger partial charge in [0, 0.05) is 0 Å². The van der Waals surface area contributed by atoms with Gasteiger partial charge in [-0.1, -0.05) is 184 Å². The van der Waals surface area contributed by atoms with E-state index >= 15 is 0 Å². The Hall–Kier alpha value is -3.99. The van der Waals surface area contributed by atoms with Gasteiger partial charge in [0.05, 0.1) is 6.61 Å². The number of hydrogen-bond acceptors (Lipinski definition) is 2. The molecule has 0 aliphatic heterocycles. The van der Waals surface area contributed by atoms with E-state index in [1.807, 2.05) is 6.07 Å². The van der Waals surface area contributed by atoms with Crippen molar-refractivity contribution < 1.29 is 8.85 Å². The zero-order valence-corrected chi connectivity index (χ0v) is 27.5. The van der Waals surface area contributed by atoms with Gasteiger partial charge >= 0.3 is 0 Å². The van der Waals surface area contributed by atoms with E-state index in [4.69, 9.17) is 8.85 Å². The third-order valence-corrected chi connectivity index (χ3v) is 16.7. The van der Waals surface area contributed by atoms with Crippen LogP contribution >= 0.6 is 0 Å². The van der Waals surface area contributed by atoms with Crippen LogP contribution in [0.3, 0.4) is 0 Å². The van der Waals surface area contributed by atoms with Crippen molar-refractivity contribution in [3.05, 3.63) is 157 Å². The summed E-state index contributed by atoms with van der Waals surface area (Å²) >= 11 is 0. The van der Waals surface area contributed by atoms with E-state index in [1.54, 1.807) is 0 Å². The Morgan fingerprint density at radius 3 is 1.33 bits per heavy atom. The molecule has 0 bridgehead atoms. The van der Waals surface area contributed by atoms with E-state index in [0.717, 1.165) is 5.56 Å². The van der Waals surface area contributed by atoms with Crippen LogP contribution in [0, 0.1) is 11.8 Å². The highest BCUT2D eigenvalue weighted by molar-refractivity contribution is 6.99. The summed E-state index contributed by atoms with van der Waals surface area (Å²) in [5.41, 5.74) is 1.05. The van der Waals surface area contributed by atoms with Crippen molar-refractivity contribution in [3.8, 4) is 11.8 Å². The molecule has 0 saturated carbocycles. The first kappa shape index (κ1) is 30.5. The van der Waals surface area contributed by atoms with Gasteiger partial charge in [0.25, 0.3) is 16.6 Å². The quantitative estimate of drug-likeness (QED) is 0.139. The minimum absolute atomic E-state index is 0.112. The molecule has 5 aromatic rings. The fraction of sp³-hybridized carbons (Fsp3) is 0.179. The van der Waals surface area contributed by atoms with E-state index in [0.29, 0.717) is 6.61 Å². The van der Waals surface area contributed by atoms with Crippen LogP contribution in [0.15, 0.2) is 152 Å². The zero-order chi connectivity index (χ0) is 30.2. The van der Waals surface area contributed by atoms with Crippen molar-refractivity contribution >= 4 is 37.4 Å². The van der Waals surface area contributed by atoms with Gasteiger partial charge in [-0.25, -0.2) is 0 Å². The molecule has 2 nitrogen and oxygen atoms in total. The smallest absolute Gasteiger partial charge is 0.262 e. The molecule has 0 aromatic heterocycles. The Bertz CT molecular complexity index is 1540. The molecule has 0 saturated heterocycles. The molecular weight excluding hydrogens is 557 g/mol. The van der Waals surface area contributed by atoms with Crippen molar-refractivity contribution in [2.45, 2.75) is 38.5 Å². The van der Waals surface area contributed by atoms with Crippen LogP contribution in [0.5, 0.6) is 0 Å². The molecule has 1 unspecified atom stereocenters. The SMILES string of the molecule is CC(C)(C)[Si](OCC#CC(O[Si](C)(c1ccccc1)c1ccccc1)c1ccccc1)(c1ccccc1)c1ccccc1. The lowest BCUT2D eigenvalue weighted by molar-refractivity contribution is 0.264. The van der Waals surface area contributed by atoms with Crippen LogP contribution in [0.2, 0.25) is 11.6 Å². The molecule has 0 aliphatic carbocycles. The third-order valence-electron chi connectivity index (χ3n) is 8.12. The molecule has 0 heterocycles. The Morgan fingerprint density at radius 1 is 0.558 bits per heavy atom. The molecule has 0 spiro atoms. The molecule has 1 atom stereocenters. The van der Waals surface area contributed by atoms with Gasteiger partial charge in [-0.2, -0.15) is 0 Å². The van der Waals surface area contributed by atoms with Crippen LogP contribution in [0.25, 0.3) is 0 Å². The summed E-state index contributed by atoms with van der Waals surface area (Å²) in [4.78, 5) is 0. The summed E-state index contributed by atoms with van der Waals surface area (Å²) in [5, 5.41) is 4.82. The molecule has 0 aliphatic rings. The Balaban J connectivity index is 1.53. The lowest BCUT2D eigenvalue weighted by Gasteiger charge is -2.42. The van der Waals surface area contributed by atoms with E-state index in [1.165, 1.54) is 20.7 Å². The second-order valence-corrected chi connectivity index (χ2v) is 19.7. The molecule has 5 aromatic carbocycles. The van der Waals surface area contributed by atoms with Gasteiger partial charge in [-0.15, -0.1) is 0 Å². The van der Waals surface area contributed by atoms with E-state index in [2.05, 4.69) is 185 Å².